The van der Waals surface area contributed by atoms with Crippen LogP contribution in [0, 0.1) is 0 Å². The van der Waals surface area contributed by atoms with Crippen LogP contribution >= 0.6 is 7.14 Å². The molecule has 0 saturated carbocycles. The Hall–Kier alpha value is -5.69. The van der Waals surface area contributed by atoms with Crippen LogP contribution in [-0.2, 0) is 4.57 Å². The van der Waals surface area contributed by atoms with Crippen molar-refractivity contribution < 1.29 is 4.57 Å². The maximum absolute atomic E-state index is 14.7. The third-order valence-electron chi connectivity index (χ3n) is 8.36. The van der Waals surface area contributed by atoms with E-state index in [2.05, 4.69) is 126 Å². The van der Waals surface area contributed by atoms with Crippen LogP contribution in [0.2, 0.25) is 0 Å². The van der Waals surface area contributed by atoms with Crippen molar-refractivity contribution >= 4 is 52.3 Å². The van der Waals surface area contributed by atoms with Crippen LogP contribution in [-0.4, -0.2) is 0 Å². The van der Waals surface area contributed by atoms with Gasteiger partial charge in [-0.1, -0.05) is 170 Å². The summed E-state index contributed by atoms with van der Waals surface area (Å²) >= 11 is 0. The molecule has 3 heteroatoms. The highest BCUT2D eigenvalue weighted by Crippen LogP contribution is 2.42. The molecule has 226 valence electrons. The van der Waals surface area contributed by atoms with Crippen molar-refractivity contribution in [2.24, 2.45) is 0 Å². The fraction of sp³-hybridized carbons (Fsp3) is 0. The van der Waals surface area contributed by atoms with Gasteiger partial charge in [0.1, 0.15) is 0 Å². The van der Waals surface area contributed by atoms with Crippen molar-refractivity contribution in [3.05, 3.63) is 205 Å². The Balaban J connectivity index is 1.08. The summed E-state index contributed by atoms with van der Waals surface area (Å²) in [5, 5.41) is 2.52. The van der Waals surface area contributed by atoms with Crippen molar-refractivity contribution in [2.45, 2.75) is 0 Å². The molecule has 7 aromatic rings. The molecule has 0 atom stereocenters. The van der Waals surface area contributed by atoms with E-state index in [4.69, 9.17) is 0 Å². The molecule has 2 nitrogen and oxygen atoms in total. The lowest BCUT2D eigenvalue weighted by Gasteiger charge is -2.25. The van der Waals surface area contributed by atoms with Gasteiger partial charge in [0.05, 0.1) is 0 Å². The zero-order chi connectivity index (χ0) is 31.9. The normalized spacial score (nSPS) is 11.4. The van der Waals surface area contributed by atoms with E-state index in [1.165, 1.54) is 0 Å². The van der Waals surface area contributed by atoms with Crippen LogP contribution in [0.5, 0.6) is 0 Å². The first-order valence-electron chi connectivity index (χ1n) is 15.8. The second-order valence-electron chi connectivity index (χ2n) is 11.4. The molecule has 0 aromatic heterocycles. The summed E-state index contributed by atoms with van der Waals surface area (Å²) in [6, 6.07) is 65.9. The summed E-state index contributed by atoms with van der Waals surface area (Å²) in [4.78, 5) is 2.26. The Kier molecular flexibility index (Phi) is 8.77. The number of anilines is 3. The summed E-state index contributed by atoms with van der Waals surface area (Å²) in [6.07, 6.45) is 4.29. The molecule has 0 N–H and O–H groups in total. The molecule has 7 rings (SSSR count). The zero-order valence-electron chi connectivity index (χ0n) is 25.9. The largest absolute Gasteiger partial charge is 0.311 e. The van der Waals surface area contributed by atoms with Gasteiger partial charge in [-0.15, -0.1) is 0 Å². The third kappa shape index (κ3) is 6.51. The average Bonchev–Trinajstić information content (AvgIpc) is 3.16. The Morgan fingerprint density at radius 1 is 0.340 bits per heavy atom. The van der Waals surface area contributed by atoms with Gasteiger partial charge in [-0.25, -0.2) is 0 Å². The number of rotatable bonds is 9. The second kappa shape index (κ2) is 13.7. The predicted octanol–water partition coefficient (Wildman–Crippen LogP) is 10.6. The fourth-order valence-corrected chi connectivity index (χ4v) is 8.55. The van der Waals surface area contributed by atoms with E-state index in [1.54, 1.807) is 0 Å². The van der Waals surface area contributed by atoms with Gasteiger partial charge in [-0.3, -0.25) is 0 Å². The molecule has 0 saturated heterocycles. The van der Waals surface area contributed by atoms with Gasteiger partial charge in [0.2, 0.25) is 0 Å². The van der Waals surface area contributed by atoms with Gasteiger partial charge in [0.25, 0.3) is 0 Å². The first kappa shape index (κ1) is 30.0. The quantitative estimate of drug-likeness (QED) is 0.118. The summed E-state index contributed by atoms with van der Waals surface area (Å²) < 4.78 is 14.7. The molecule has 47 heavy (non-hydrogen) atoms. The molecule has 0 amide bonds. The predicted molar refractivity (Wildman–Crippen MR) is 201 cm³/mol. The minimum atomic E-state index is -2.99. The van der Waals surface area contributed by atoms with E-state index in [0.717, 1.165) is 55.2 Å². The van der Waals surface area contributed by atoms with E-state index in [9.17, 15) is 4.57 Å². The molecule has 7 aromatic carbocycles. The lowest BCUT2D eigenvalue weighted by Crippen LogP contribution is -2.24. The van der Waals surface area contributed by atoms with Gasteiger partial charge in [0.15, 0.2) is 7.14 Å². The number of hydrogen-bond donors (Lipinski definition) is 0. The monoisotopic (exact) mass is 623 g/mol. The zero-order valence-corrected chi connectivity index (χ0v) is 26.8. The van der Waals surface area contributed by atoms with Crippen LogP contribution < -0.4 is 20.8 Å². The summed E-state index contributed by atoms with van der Waals surface area (Å²) in [6.45, 7) is 0. The Bertz CT molecular complexity index is 2030. The number of benzene rings is 7. The summed E-state index contributed by atoms with van der Waals surface area (Å²) in [5.74, 6) is 0. The number of hydrogen-bond acceptors (Lipinski definition) is 2. The highest BCUT2D eigenvalue weighted by molar-refractivity contribution is 7.85. The average molecular weight is 624 g/mol. The van der Waals surface area contributed by atoms with Crippen LogP contribution in [0.3, 0.4) is 0 Å². The smallest absolute Gasteiger partial charge is 0.171 e. The molecule has 0 heterocycles. The Labute approximate surface area is 277 Å². The highest BCUT2D eigenvalue weighted by Gasteiger charge is 2.29. The van der Waals surface area contributed by atoms with Gasteiger partial charge < -0.3 is 9.46 Å². The fourth-order valence-electron chi connectivity index (χ4n) is 5.90. The van der Waals surface area contributed by atoms with Crippen molar-refractivity contribution in [3.8, 4) is 11.1 Å². The second-order valence-corrected chi connectivity index (χ2v) is 14.1. The topological polar surface area (TPSA) is 20.3 Å². The number of para-hydroxylation sites is 2. The molecule has 0 aliphatic heterocycles. The van der Waals surface area contributed by atoms with Crippen LogP contribution in [0.4, 0.5) is 17.1 Å². The molecule has 0 radical (unpaired) electrons. The van der Waals surface area contributed by atoms with Gasteiger partial charge in [-0.2, -0.15) is 0 Å². The lowest BCUT2D eigenvalue weighted by molar-refractivity contribution is 0.592. The van der Waals surface area contributed by atoms with Crippen molar-refractivity contribution in [1.29, 1.82) is 0 Å². The van der Waals surface area contributed by atoms with Gasteiger partial charge >= 0.3 is 0 Å². The first-order valence-corrected chi connectivity index (χ1v) is 17.5. The lowest BCUT2D eigenvalue weighted by atomic mass is 10.0. The molecule has 0 fully saturated rings. The van der Waals surface area contributed by atoms with Crippen LogP contribution in [0.15, 0.2) is 194 Å². The van der Waals surface area contributed by atoms with Gasteiger partial charge in [-0.05, 0) is 58.7 Å². The summed E-state index contributed by atoms with van der Waals surface area (Å²) in [5.41, 5.74) is 7.83. The van der Waals surface area contributed by atoms with E-state index >= 15 is 0 Å². The number of nitrogens with zero attached hydrogens (tertiary/aromatic N) is 1. The molecular formula is C44H34NOP. The molecule has 0 aliphatic carbocycles. The Morgan fingerprint density at radius 2 is 0.660 bits per heavy atom. The Morgan fingerprint density at radius 3 is 1.09 bits per heavy atom. The van der Waals surface area contributed by atoms with Crippen molar-refractivity contribution in [3.63, 3.8) is 0 Å². The van der Waals surface area contributed by atoms with Crippen LogP contribution in [0.25, 0.3) is 23.3 Å². The molecule has 0 aliphatic rings. The molecule has 0 bridgehead atoms. The summed E-state index contributed by atoms with van der Waals surface area (Å²) in [7, 11) is -2.99. The maximum atomic E-state index is 14.7. The molecule has 0 unspecified atom stereocenters. The van der Waals surface area contributed by atoms with E-state index < -0.39 is 7.14 Å². The minimum absolute atomic E-state index is 0.833. The first-order chi connectivity index (χ1) is 23.2. The molecular weight excluding hydrogens is 589 g/mol. The standard InChI is InChI=1S/C44H34NOP/c46-47(42-17-9-3-10-18-42,43-19-11-4-12-20-43)44-33-29-38(30-34-44)37-27-23-35(24-28-37)21-22-36-25-31-41(32-26-36)45(39-13-5-1-6-14-39)40-15-7-2-8-16-40/h1-34H/b22-21+. The SMILES string of the molecule is O=P(c1ccccc1)(c1ccccc1)c1ccc(-c2ccc(/C=C/c3ccc(N(c4ccccc4)c4ccccc4)cc3)cc2)cc1. The van der Waals surface area contributed by atoms with Crippen molar-refractivity contribution in [2.75, 3.05) is 4.90 Å². The highest BCUT2D eigenvalue weighted by atomic mass is 31.2. The van der Waals surface area contributed by atoms with E-state index in [-0.39, 0.29) is 0 Å². The van der Waals surface area contributed by atoms with Crippen LogP contribution in [0.1, 0.15) is 11.1 Å². The third-order valence-corrected chi connectivity index (χ3v) is 11.4. The molecule has 0 spiro atoms. The van der Waals surface area contributed by atoms with E-state index in [1.807, 2.05) is 84.9 Å². The maximum Gasteiger partial charge on any atom is 0.171 e. The van der Waals surface area contributed by atoms with Crippen molar-refractivity contribution in [1.82, 2.24) is 0 Å². The van der Waals surface area contributed by atoms with E-state index in [0.29, 0.717) is 0 Å². The van der Waals surface area contributed by atoms with Gasteiger partial charge in [0, 0.05) is 33.0 Å². The minimum Gasteiger partial charge on any atom is -0.311 e.